The number of hydrogen-bond donors (Lipinski definition) is 2. The molecule has 1 aliphatic rings. The summed E-state index contributed by atoms with van der Waals surface area (Å²) in [6, 6.07) is 7.09. The zero-order valence-electron chi connectivity index (χ0n) is 12.1. The highest BCUT2D eigenvalue weighted by molar-refractivity contribution is 6.01. The van der Waals surface area contributed by atoms with Gasteiger partial charge in [-0.3, -0.25) is 4.79 Å². The molecule has 1 aromatic carbocycles. The standard InChI is InChI=1S/C16H19N3O2/c1-11-6-9-19(10-7-11)16(21)18-14-4-2-3-13-12(14)5-8-17-15(13)20/h2-5,8,11H,6-7,9-10H2,1H3,(H,17,20)(H,18,21). The number of nitrogens with zero attached hydrogens (tertiary/aromatic N) is 1. The summed E-state index contributed by atoms with van der Waals surface area (Å²) < 4.78 is 0. The summed E-state index contributed by atoms with van der Waals surface area (Å²) >= 11 is 0. The third-order valence-electron chi connectivity index (χ3n) is 4.13. The molecule has 1 aromatic heterocycles. The fourth-order valence-corrected chi connectivity index (χ4v) is 2.74. The first-order valence-corrected chi connectivity index (χ1v) is 7.31. The van der Waals surface area contributed by atoms with Gasteiger partial charge in [0, 0.05) is 30.1 Å². The number of carbonyl (C=O) groups excluding carboxylic acids is 1. The molecule has 0 bridgehead atoms. The van der Waals surface area contributed by atoms with E-state index in [0.29, 0.717) is 17.0 Å². The lowest BCUT2D eigenvalue weighted by atomic mass is 10.00. The van der Waals surface area contributed by atoms with Crippen LogP contribution >= 0.6 is 0 Å². The number of pyridine rings is 1. The van der Waals surface area contributed by atoms with E-state index in [-0.39, 0.29) is 11.6 Å². The zero-order valence-corrected chi connectivity index (χ0v) is 12.1. The van der Waals surface area contributed by atoms with Crippen LogP contribution in [-0.2, 0) is 0 Å². The van der Waals surface area contributed by atoms with Crippen molar-refractivity contribution in [3.8, 4) is 0 Å². The minimum Gasteiger partial charge on any atom is -0.329 e. The minimum atomic E-state index is -0.143. The van der Waals surface area contributed by atoms with Gasteiger partial charge in [0.25, 0.3) is 5.56 Å². The number of likely N-dealkylation sites (tertiary alicyclic amines) is 1. The van der Waals surface area contributed by atoms with E-state index in [1.54, 1.807) is 18.3 Å². The van der Waals surface area contributed by atoms with Gasteiger partial charge in [-0.2, -0.15) is 0 Å². The molecule has 0 spiro atoms. The monoisotopic (exact) mass is 285 g/mol. The van der Waals surface area contributed by atoms with E-state index in [1.807, 2.05) is 17.0 Å². The fraction of sp³-hybridized carbons (Fsp3) is 0.375. The van der Waals surface area contributed by atoms with E-state index in [0.717, 1.165) is 31.3 Å². The van der Waals surface area contributed by atoms with Gasteiger partial charge in [0.1, 0.15) is 0 Å². The summed E-state index contributed by atoms with van der Waals surface area (Å²) in [6.45, 7) is 3.79. The molecule has 1 aliphatic heterocycles. The lowest BCUT2D eigenvalue weighted by molar-refractivity contribution is 0.186. The molecule has 2 N–H and O–H groups in total. The largest absolute Gasteiger partial charge is 0.329 e. The van der Waals surface area contributed by atoms with Crippen LogP contribution in [0.5, 0.6) is 0 Å². The van der Waals surface area contributed by atoms with Gasteiger partial charge in [-0.15, -0.1) is 0 Å². The maximum absolute atomic E-state index is 12.3. The Morgan fingerprint density at radius 2 is 2.00 bits per heavy atom. The molecule has 110 valence electrons. The van der Waals surface area contributed by atoms with E-state index in [9.17, 15) is 9.59 Å². The summed E-state index contributed by atoms with van der Waals surface area (Å²) in [7, 11) is 0. The van der Waals surface area contributed by atoms with Crippen LogP contribution in [0.3, 0.4) is 0 Å². The van der Waals surface area contributed by atoms with Crippen LogP contribution in [0, 0.1) is 5.92 Å². The summed E-state index contributed by atoms with van der Waals surface area (Å²) in [5.41, 5.74) is 0.539. The quantitative estimate of drug-likeness (QED) is 0.846. The van der Waals surface area contributed by atoms with Crippen LogP contribution in [0.15, 0.2) is 35.3 Å². The SMILES string of the molecule is CC1CCN(C(=O)Nc2cccc3c(=O)[nH]ccc23)CC1. The number of hydrogen-bond acceptors (Lipinski definition) is 2. The number of amides is 2. The molecule has 1 fully saturated rings. The molecular formula is C16H19N3O2. The third kappa shape index (κ3) is 2.77. The van der Waals surface area contributed by atoms with E-state index in [4.69, 9.17) is 0 Å². The minimum absolute atomic E-state index is 0.0883. The van der Waals surface area contributed by atoms with Crippen molar-refractivity contribution in [3.05, 3.63) is 40.8 Å². The Bertz CT molecular complexity index is 715. The van der Waals surface area contributed by atoms with Gasteiger partial charge in [-0.05, 0) is 37.0 Å². The first kappa shape index (κ1) is 13.7. The molecule has 0 aliphatic carbocycles. The molecule has 0 saturated carbocycles. The van der Waals surface area contributed by atoms with E-state index in [1.165, 1.54) is 0 Å². The number of carbonyl (C=O) groups is 1. The highest BCUT2D eigenvalue weighted by Crippen LogP contribution is 2.22. The molecule has 21 heavy (non-hydrogen) atoms. The van der Waals surface area contributed by atoms with Crippen LogP contribution in [0.25, 0.3) is 10.8 Å². The highest BCUT2D eigenvalue weighted by Gasteiger charge is 2.20. The van der Waals surface area contributed by atoms with Crippen LogP contribution in [0.4, 0.5) is 10.5 Å². The van der Waals surface area contributed by atoms with Gasteiger partial charge < -0.3 is 15.2 Å². The molecule has 5 nitrogen and oxygen atoms in total. The third-order valence-corrected chi connectivity index (χ3v) is 4.13. The number of rotatable bonds is 1. The summed E-state index contributed by atoms with van der Waals surface area (Å²) in [5, 5.41) is 4.28. The number of piperidine rings is 1. The van der Waals surface area contributed by atoms with Crippen LogP contribution < -0.4 is 10.9 Å². The number of urea groups is 1. The molecule has 0 unspecified atom stereocenters. The number of aromatic nitrogens is 1. The van der Waals surface area contributed by atoms with E-state index in [2.05, 4.69) is 17.2 Å². The number of fused-ring (bicyclic) bond motifs is 1. The summed E-state index contributed by atoms with van der Waals surface area (Å²) in [4.78, 5) is 28.6. The Morgan fingerprint density at radius 3 is 2.76 bits per heavy atom. The Balaban J connectivity index is 1.83. The summed E-state index contributed by atoms with van der Waals surface area (Å²) in [5.74, 6) is 0.685. The van der Waals surface area contributed by atoms with Crippen LogP contribution in [0.1, 0.15) is 19.8 Å². The Morgan fingerprint density at radius 1 is 1.24 bits per heavy atom. The second kappa shape index (κ2) is 5.60. The molecule has 3 rings (SSSR count). The molecule has 1 saturated heterocycles. The topological polar surface area (TPSA) is 65.2 Å². The van der Waals surface area contributed by atoms with Crippen molar-refractivity contribution >= 4 is 22.5 Å². The molecule has 2 amide bonds. The van der Waals surface area contributed by atoms with Crippen molar-refractivity contribution in [2.75, 3.05) is 18.4 Å². The molecule has 0 radical (unpaired) electrons. The molecule has 2 heterocycles. The van der Waals surface area contributed by atoms with Gasteiger partial charge >= 0.3 is 6.03 Å². The average molecular weight is 285 g/mol. The molecule has 0 atom stereocenters. The van der Waals surface area contributed by atoms with Crippen molar-refractivity contribution < 1.29 is 4.79 Å². The van der Waals surface area contributed by atoms with Gasteiger partial charge in [0.15, 0.2) is 0 Å². The van der Waals surface area contributed by atoms with Crippen LogP contribution in [-0.4, -0.2) is 29.0 Å². The number of aromatic amines is 1. The summed E-state index contributed by atoms with van der Waals surface area (Å²) in [6.07, 6.45) is 3.69. The second-order valence-corrected chi connectivity index (χ2v) is 5.67. The van der Waals surface area contributed by atoms with Crippen molar-refractivity contribution in [2.24, 2.45) is 5.92 Å². The first-order valence-electron chi connectivity index (χ1n) is 7.31. The lowest BCUT2D eigenvalue weighted by Gasteiger charge is -2.30. The maximum Gasteiger partial charge on any atom is 0.321 e. The van der Waals surface area contributed by atoms with Gasteiger partial charge in [0.2, 0.25) is 0 Å². The van der Waals surface area contributed by atoms with Crippen molar-refractivity contribution in [3.63, 3.8) is 0 Å². The lowest BCUT2D eigenvalue weighted by Crippen LogP contribution is -2.40. The van der Waals surface area contributed by atoms with Gasteiger partial charge in [0.05, 0.1) is 5.69 Å². The Labute approximate surface area is 123 Å². The number of benzene rings is 1. The van der Waals surface area contributed by atoms with Gasteiger partial charge in [-0.25, -0.2) is 4.79 Å². The van der Waals surface area contributed by atoms with E-state index >= 15 is 0 Å². The average Bonchev–Trinajstić information content (AvgIpc) is 2.49. The van der Waals surface area contributed by atoms with Crippen LogP contribution in [0.2, 0.25) is 0 Å². The van der Waals surface area contributed by atoms with E-state index < -0.39 is 0 Å². The number of H-pyrrole nitrogens is 1. The van der Waals surface area contributed by atoms with Gasteiger partial charge in [-0.1, -0.05) is 13.0 Å². The number of nitrogens with one attached hydrogen (secondary N) is 2. The molecular weight excluding hydrogens is 266 g/mol. The maximum atomic E-state index is 12.3. The Kier molecular flexibility index (Phi) is 3.64. The normalized spacial score (nSPS) is 16.1. The number of anilines is 1. The second-order valence-electron chi connectivity index (χ2n) is 5.67. The molecule has 2 aromatic rings. The van der Waals surface area contributed by atoms with Crippen molar-refractivity contribution in [1.82, 2.24) is 9.88 Å². The van der Waals surface area contributed by atoms with Crippen molar-refractivity contribution in [1.29, 1.82) is 0 Å². The fourth-order valence-electron chi connectivity index (χ4n) is 2.74. The predicted octanol–water partition coefficient (Wildman–Crippen LogP) is 2.79. The zero-order chi connectivity index (χ0) is 14.8. The smallest absolute Gasteiger partial charge is 0.321 e. The van der Waals surface area contributed by atoms with Crippen molar-refractivity contribution in [2.45, 2.75) is 19.8 Å². The molecule has 5 heteroatoms. The first-order chi connectivity index (χ1) is 10.1. The predicted molar refractivity (Wildman–Crippen MR) is 83.6 cm³/mol. The highest BCUT2D eigenvalue weighted by atomic mass is 16.2. The Hall–Kier alpha value is -2.30.